The summed E-state index contributed by atoms with van der Waals surface area (Å²) >= 11 is 0. The van der Waals surface area contributed by atoms with Gasteiger partial charge in [0.25, 0.3) is 0 Å². The van der Waals surface area contributed by atoms with Crippen molar-refractivity contribution in [3.05, 3.63) is 11.6 Å². The molecule has 2 aliphatic rings. The molecule has 10 heteroatoms. The van der Waals surface area contributed by atoms with E-state index in [0.29, 0.717) is 25.7 Å². The molecule has 29 heavy (non-hydrogen) atoms. The molecule has 2 N–H and O–H groups in total. The number of aryl methyl sites for hydroxylation is 1. The third-order valence-corrected chi connectivity index (χ3v) is 5.34. The summed E-state index contributed by atoms with van der Waals surface area (Å²) in [5, 5.41) is 14.8. The molecule has 1 aromatic rings. The number of rotatable bonds is 9. The lowest BCUT2D eigenvalue weighted by Gasteiger charge is -2.36. The minimum absolute atomic E-state index is 0.144. The van der Waals surface area contributed by atoms with Crippen LogP contribution in [0.1, 0.15) is 30.9 Å². The van der Waals surface area contributed by atoms with Crippen molar-refractivity contribution in [2.24, 2.45) is 12.0 Å². The fourth-order valence-corrected chi connectivity index (χ4v) is 3.24. The number of carbonyl (C=O) groups is 1. The molecular formula is C19H34N8O2. The number of aromatic nitrogens is 3. The van der Waals surface area contributed by atoms with Crippen molar-refractivity contribution >= 4 is 11.9 Å². The van der Waals surface area contributed by atoms with E-state index in [1.165, 1.54) is 0 Å². The van der Waals surface area contributed by atoms with Gasteiger partial charge in [0.1, 0.15) is 12.4 Å². The molecule has 1 aliphatic carbocycles. The van der Waals surface area contributed by atoms with Gasteiger partial charge in [0, 0.05) is 59.5 Å². The van der Waals surface area contributed by atoms with E-state index in [2.05, 4.69) is 30.6 Å². The third kappa shape index (κ3) is 6.67. The van der Waals surface area contributed by atoms with Crippen molar-refractivity contribution < 1.29 is 9.53 Å². The lowest BCUT2D eigenvalue weighted by molar-refractivity contribution is -0.122. The van der Waals surface area contributed by atoms with E-state index in [0.717, 1.165) is 69.6 Å². The van der Waals surface area contributed by atoms with Gasteiger partial charge in [-0.25, -0.2) is 4.99 Å². The number of carbonyl (C=O) groups excluding carboxylic acids is 1. The van der Waals surface area contributed by atoms with Gasteiger partial charge in [-0.05, 0) is 26.2 Å². The molecule has 1 amide bonds. The van der Waals surface area contributed by atoms with Gasteiger partial charge in [-0.2, -0.15) is 0 Å². The number of guanidine groups is 1. The van der Waals surface area contributed by atoms with Gasteiger partial charge in [-0.1, -0.05) is 0 Å². The standard InChI is InChI=1S/C19H34N8O2/c1-15-23-24-17(25(15)2)13-21-19(20-7-4-12-29-3)27-10-8-26(9-11-27)14-18(28)22-16-5-6-16/h16H,4-14H2,1-3H3,(H,20,21)(H,22,28). The SMILES string of the molecule is COCCCNC(=NCc1nnc(C)n1C)N1CCN(CC(=O)NC2CC2)CC1. The van der Waals surface area contributed by atoms with Crippen molar-refractivity contribution in [2.75, 3.05) is 53.0 Å². The van der Waals surface area contributed by atoms with Crippen LogP contribution in [-0.2, 0) is 23.1 Å². The zero-order valence-electron chi connectivity index (χ0n) is 17.9. The van der Waals surface area contributed by atoms with Gasteiger partial charge < -0.3 is 24.8 Å². The Labute approximate surface area is 172 Å². The van der Waals surface area contributed by atoms with Crippen LogP contribution in [0.3, 0.4) is 0 Å². The second kappa shape index (κ2) is 10.5. The molecule has 10 nitrogen and oxygen atoms in total. The van der Waals surface area contributed by atoms with E-state index >= 15 is 0 Å². The van der Waals surface area contributed by atoms with Crippen molar-refractivity contribution in [1.82, 2.24) is 35.2 Å². The largest absolute Gasteiger partial charge is 0.385 e. The first-order valence-electron chi connectivity index (χ1n) is 10.5. The molecule has 0 atom stereocenters. The van der Waals surface area contributed by atoms with Crippen LogP contribution in [0.4, 0.5) is 0 Å². The van der Waals surface area contributed by atoms with E-state index in [1.807, 2.05) is 18.5 Å². The summed E-state index contributed by atoms with van der Waals surface area (Å²) in [6.45, 7) is 7.78. The van der Waals surface area contributed by atoms with Crippen LogP contribution in [0, 0.1) is 6.92 Å². The molecule has 1 aromatic heterocycles. The normalized spacial score (nSPS) is 18.2. The Balaban J connectivity index is 1.53. The average molecular weight is 407 g/mol. The zero-order valence-corrected chi connectivity index (χ0v) is 17.9. The highest BCUT2D eigenvalue weighted by Gasteiger charge is 2.26. The second-order valence-corrected chi connectivity index (χ2v) is 7.74. The highest BCUT2D eigenvalue weighted by molar-refractivity contribution is 5.80. The first-order valence-corrected chi connectivity index (χ1v) is 10.5. The first-order chi connectivity index (χ1) is 14.1. The Morgan fingerprint density at radius 3 is 2.62 bits per heavy atom. The van der Waals surface area contributed by atoms with Gasteiger partial charge in [0.05, 0.1) is 6.54 Å². The number of hydrogen-bond acceptors (Lipinski definition) is 6. The highest BCUT2D eigenvalue weighted by Crippen LogP contribution is 2.18. The molecule has 3 rings (SSSR count). The maximum Gasteiger partial charge on any atom is 0.234 e. The van der Waals surface area contributed by atoms with Crippen LogP contribution in [0.15, 0.2) is 4.99 Å². The Morgan fingerprint density at radius 2 is 2.00 bits per heavy atom. The van der Waals surface area contributed by atoms with Gasteiger partial charge >= 0.3 is 0 Å². The van der Waals surface area contributed by atoms with Crippen LogP contribution in [0.25, 0.3) is 0 Å². The fourth-order valence-electron chi connectivity index (χ4n) is 3.24. The Bertz CT molecular complexity index is 692. The summed E-state index contributed by atoms with van der Waals surface area (Å²) in [6, 6.07) is 0.420. The molecule has 1 saturated heterocycles. The number of nitrogens with one attached hydrogen (secondary N) is 2. The van der Waals surface area contributed by atoms with Crippen LogP contribution in [0.2, 0.25) is 0 Å². The third-order valence-electron chi connectivity index (χ3n) is 5.34. The molecule has 0 aromatic carbocycles. The zero-order chi connectivity index (χ0) is 20.6. The number of methoxy groups -OCH3 is 1. The van der Waals surface area contributed by atoms with Crippen LogP contribution in [0.5, 0.6) is 0 Å². The summed E-state index contributed by atoms with van der Waals surface area (Å²) in [4.78, 5) is 21.3. The van der Waals surface area contributed by atoms with E-state index in [4.69, 9.17) is 9.73 Å². The number of amides is 1. The minimum atomic E-state index is 0.144. The molecular weight excluding hydrogens is 372 g/mol. The van der Waals surface area contributed by atoms with E-state index in [-0.39, 0.29) is 5.91 Å². The first kappa shape index (κ1) is 21.5. The highest BCUT2D eigenvalue weighted by atomic mass is 16.5. The van der Waals surface area contributed by atoms with Crippen LogP contribution in [-0.4, -0.2) is 95.5 Å². The number of piperazine rings is 1. The summed E-state index contributed by atoms with van der Waals surface area (Å²) < 4.78 is 7.10. The number of aliphatic imine (C=N–C) groups is 1. The average Bonchev–Trinajstić information content (AvgIpc) is 3.47. The van der Waals surface area contributed by atoms with E-state index < -0.39 is 0 Å². The van der Waals surface area contributed by atoms with E-state index in [9.17, 15) is 4.79 Å². The van der Waals surface area contributed by atoms with Gasteiger partial charge in [-0.3, -0.25) is 9.69 Å². The summed E-state index contributed by atoms with van der Waals surface area (Å²) in [6.07, 6.45) is 3.16. The molecule has 1 saturated carbocycles. The lowest BCUT2D eigenvalue weighted by atomic mass is 10.3. The van der Waals surface area contributed by atoms with Crippen LogP contribution < -0.4 is 10.6 Å². The number of nitrogens with zero attached hydrogens (tertiary/aromatic N) is 6. The maximum absolute atomic E-state index is 12.0. The summed E-state index contributed by atoms with van der Waals surface area (Å²) in [7, 11) is 3.67. The topological polar surface area (TPSA) is 99.9 Å². The minimum Gasteiger partial charge on any atom is -0.385 e. The number of hydrogen-bond donors (Lipinski definition) is 2. The molecule has 0 unspecified atom stereocenters. The van der Waals surface area contributed by atoms with Crippen LogP contribution >= 0.6 is 0 Å². The quantitative estimate of drug-likeness (QED) is 0.324. The van der Waals surface area contributed by atoms with Gasteiger partial charge in [0.15, 0.2) is 11.8 Å². The molecule has 0 spiro atoms. The predicted octanol–water partition coefficient (Wildman–Crippen LogP) is -0.498. The van der Waals surface area contributed by atoms with Crippen molar-refractivity contribution in [2.45, 2.75) is 38.8 Å². The lowest BCUT2D eigenvalue weighted by Crippen LogP contribution is -2.54. The Morgan fingerprint density at radius 1 is 1.24 bits per heavy atom. The molecule has 0 radical (unpaired) electrons. The Kier molecular flexibility index (Phi) is 7.82. The second-order valence-electron chi connectivity index (χ2n) is 7.74. The molecule has 2 heterocycles. The summed E-state index contributed by atoms with van der Waals surface area (Å²) in [5.41, 5.74) is 0. The monoisotopic (exact) mass is 406 g/mol. The van der Waals surface area contributed by atoms with Crippen molar-refractivity contribution in [3.63, 3.8) is 0 Å². The fraction of sp³-hybridized carbons (Fsp3) is 0.789. The molecule has 162 valence electrons. The van der Waals surface area contributed by atoms with Crippen molar-refractivity contribution in [3.8, 4) is 0 Å². The molecule has 1 aliphatic heterocycles. The van der Waals surface area contributed by atoms with Gasteiger partial charge in [0.2, 0.25) is 5.91 Å². The maximum atomic E-state index is 12.0. The van der Waals surface area contributed by atoms with Gasteiger partial charge in [-0.15, -0.1) is 10.2 Å². The molecule has 2 fully saturated rings. The van der Waals surface area contributed by atoms with E-state index in [1.54, 1.807) is 7.11 Å². The molecule has 0 bridgehead atoms. The van der Waals surface area contributed by atoms with Crippen molar-refractivity contribution in [1.29, 1.82) is 0 Å². The number of ether oxygens (including phenoxy) is 1. The predicted molar refractivity (Wildman–Crippen MR) is 111 cm³/mol. The smallest absolute Gasteiger partial charge is 0.234 e. The Hall–Kier alpha value is -2.20. The summed E-state index contributed by atoms with van der Waals surface area (Å²) in [5.74, 6) is 2.74.